The number of rotatable bonds is 5. The number of benzene rings is 1. The lowest BCUT2D eigenvalue weighted by atomic mass is 10.1. The molecule has 1 atom stereocenters. The third-order valence-corrected chi connectivity index (χ3v) is 4.76. The van der Waals surface area contributed by atoms with Crippen LogP contribution < -0.4 is 20.3 Å². The van der Waals surface area contributed by atoms with Crippen LogP contribution >= 0.6 is 0 Å². The number of pyridine rings is 1. The minimum absolute atomic E-state index is 0.0674. The maximum Gasteiger partial charge on any atom is 0.251 e. The van der Waals surface area contributed by atoms with E-state index >= 15 is 0 Å². The molecule has 0 aliphatic carbocycles. The van der Waals surface area contributed by atoms with E-state index in [2.05, 4.69) is 10.3 Å². The van der Waals surface area contributed by atoms with E-state index in [1.165, 1.54) is 0 Å². The Bertz CT molecular complexity index is 870. The largest absolute Gasteiger partial charge is 0.486 e. The predicted octanol–water partition coefficient (Wildman–Crippen LogP) is 1.53. The molecule has 0 saturated carbocycles. The van der Waals surface area contributed by atoms with Crippen molar-refractivity contribution < 1.29 is 19.0 Å². The Labute approximate surface area is 150 Å². The SMILES string of the molecule is O=C(CCc1cc2cc3c(cc2[nH]c1=O)OCCO3)NCC1CCCO1. The lowest BCUT2D eigenvalue weighted by Crippen LogP contribution is -2.32. The van der Waals surface area contributed by atoms with Crippen LogP contribution in [0.4, 0.5) is 0 Å². The number of carbonyl (C=O) groups excluding carboxylic acids is 1. The topological polar surface area (TPSA) is 89.7 Å². The second kappa shape index (κ2) is 7.37. The molecule has 0 radical (unpaired) electrons. The number of amides is 1. The standard InChI is InChI=1S/C19H22N2O5/c22-18(20-11-14-2-1-5-24-14)4-3-12-8-13-9-16-17(26-7-6-25-16)10-15(13)21-19(12)23/h8-10,14H,1-7,11H2,(H,20,22)(H,21,23). The van der Waals surface area contributed by atoms with Gasteiger partial charge in [0.15, 0.2) is 11.5 Å². The Morgan fingerprint density at radius 1 is 1.15 bits per heavy atom. The first-order chi connectivity index (χ1) is 12.7. The molecule has 3 heterocycles. The third-order valence-electron chi connectivity index (χ3n) is 4.76. The Hall–Kier alpha value is -2.54. The highest BCUT2D eigenvalue weighted by Gasteiger charge is 2.17. The van der Waals surface area contributed by atoms with Crippen LogP contribution in [0.15, 0.2) is 23.0 Å². The van der Waals surface area contributed by atoms with Gasteiger partial charge in [0.25, 0.3) is 5.56 Å². The van der Waals surface area contributed by atoms with E-state index in [0.29, 0.717) is 48.8 Å². The van der Waals surface area contributed by atoms with Crippen molar-refractivity contribution in [2.75, 3.05) is 26.4 Å². The molecule has 4 rings (SSSR count). The lowest BCUT2D eigenvalue weighted by molar-refractivity contribution is -0.121. The maximum absolute atomic E-state index is 12.3. The first kappa shape index (κ1) is 16.9. The number of H-pyrrole nitrogens is 1. The van der Waals surface area contributed by atoms with E-state index in [9.17, 15) is 9.59 Å². The van der Waals surface area contributed by atoms with Crippen molar-refractivity contribution in [1.29, 1.82) is 0 Å². The molecular formula is C19H22N2O5. The number of fused-ring (bicyclic) bond motifs is 2. The second-order valence-corrected chi connectivity index (χ2v) is 6.65. The Kier molecular flexibility index (Phi) is 4.79. The number of hydrogen-bond acceptors (Lipinski definition) is 5. The summed E-state index contributed by atoms with van der Waals surface area (Å²) in [5.74, 6) is 1.25. The van der Waals surface area contributed by atoms with E-state index in [1.54, 1.807) is 6.07 Å². The van der Waals surface area contributed by atoms with Gasteiger partial charge in [-0.05, 0) is 31.4 Å². The van der Waals surface area contributed by atoms with E-state index in [1.807, 2.05) is 12.1 Å². The van der Waals surface area contributed by atoms with Crippen LogP contribution in [0.5, 0.6) is 11.5 Å². The van der Waals surface area contributed by atoms with E-state index < -0.39 is 0 Å². The quantitative estimate of drug-likeness (QED) is 0.846. The molecular weight excluding hydrogens is 336 g/mol. The normalized spacial score (nSPS) is 18.8. The van der Waals surface area contributed by atoms with Crippen molar-refractivity contribution in [3.05, 3.63) is 34.1 Å². The number of ether oxygens (including phenoxy) is 3. The number of hydrogen-bond donors (Lipinski definition) is 2. The van der Waals surface area contributed by atoms with Gasteiger partial charge in [0.1, 0.15) is 13.2 Å². The van der Waals surface area contributed by atoms with E-state index in [-0.39, 0.29) is 24.0 Å². The molecule has 7 nitrogen and oxygen atoms in total. The van der Waals surface area contributed by atoms with Gasteiger partial charge in [-0.15, -0.1) is 0 Å². The number of carbonyl (C=O) groups is 1. The summed E-state index contributed by atoms with van der Waals surface area (Å²) >= 11 is 0. The van der Waals surface area contributed by atoms with Gasteiger partial charge >= 0.3 is 0 Å². The highest BCUT2D eigenvalue weighted by Crippen LogP contribution is 2.33. The van der Waals surface area contributed by atoms with Gasteiger partial charge in [0.2, 0.25) is 5.91 Å². The Morgan fingerprint density at radius 3 is 2.73 bits per heavy atom. The first-order valence-corrected chi connectivity index (χ1v) is 9.03. The summed E-state index contributed by atoms with van der Waals surface area (Å²) in [6, 6.07) is 5.46. The molecule has 1 aromatic heterocycles. The molecule has 0 spiro atoms. The number of nitrogens with one attached hydrogen (secondary N) is 2. The molecule has 1 saturated heterocycles. The molecule has 2 aliphatic heterocycles. The van der Waals surface area contributed by atoms with Gasteiger partial charge in [-0.3, -0.25) is 9.59 Å². The zero-order valence-corrected chi connectivity index (χ0v) is 14.5. The summed E-state index contributed by atoms with van der Waals surface area (Å²) in [5.41, 5.74) is 1.10. The minimum Gasteiger partial charge on any atom is -0.486 e. The third kappa shape index (κ3) is 3.67. The Morgan fingerprint density at radius 2 is 1.96 bits per heavy atom. The average Bonchev–Trinajstić information content (AvgIpc) is 3.17. The van der Waals surface area contributed by atoms with Crippen molar-refractivity contribution in [2.45, 2.75) is 31.8 Å². The van der Waals surface area contributed by atoms with Crippen LogP contribution in [0.1, 0.15) is 24.8 Å². The zero-order chi connectivity index (χ0) is 17.9. The summed E-state index contributed by atoms with van der Waals surface area (Å²) in [7, 11) is 0. The van der Waals surface area contributed by atoms with Crippen LogP contribution in [0.2, 0.25) is 0 Å². The van der Waals surface area contributed by atoms with Gasteiger partial charge in [-0.25, -0.2) is 0 Å². The Balaban J connectivity index is 1.43. The van der Waals surface area contributed by atoms with Crippen LogP contribution in [0.3, 0.4) is 0 Å². The summed E-state index contributed by atoms with van der Waals surface area (Å²) in [4.78, 5) is 27.2. The fourth-order valence-corrected chi connectivity index (χ4v) is 3.34. The molecule has 1 fully saturated rings. The lowest BCUT2D eigenvalue weighted by Gasteiger charge is -2.18. The van der Waals surface area contributed by atoms with Gasteiger partial charge in [-0.2, -0.15) is 0 Å². The average molecular weight is 358 g/mol. The highest BCUT2D eigenvalue weighted by molar-refractivity contribution is 5.83. The fraction of sp³-hybridized carbons (Fsp3) is 0.474. The number of aromatic amines is 1. The number of aromatic nitrogens is 1. The second-order valence-electron chi connectivity index (χ2n) is 6.65. The molecule has 2 N–H and O–H groups in total. The minimum atomic E-state index is -0.180. The van der Waals surface area contributed by atoms with Crippen molar-refractivity contribution in [1.82, 2.24) is 10.3 Å². The van der Waals surface area contributed by atoms with E-state index in [4.69, 9.17) is 14.2 Å². The van der Waals surface area contributed by atoms with E-state index in [0.717, 1.165) is 24.8 Å². The molecule has 138 valence electrons. The summed E-state index contributed by atoms with van der Waals surface area (Å²) in [6.45, 7) is 2.32. The molecule has 1 amide bonds. The predicted molar refractivity (Wildman–Crippen MR) is 95.9 cm³/mol. The first-order valence-electron chi connectivity index (χ1n) is 9.03. The molecule has 1 unspecified atom stereocenters. The molecule has 26 heavy (non-hydrogen) atoms. The van der Waals surface area contributed by atoms with Crippen LogP contribution in [0, 0.1) is 0 Å². The summed E-state index contributed by atoms with van der Waals surface area (Å²) in [6.07, 6.45) is 2.81. The fourth-order valence-electron chi connectivity index (χ4n) is 3.34. The van der Waals surface area contributed by atoms with Crippen molar-refractivity contribution >= 4 is 16.8 Å². The molecule has 1 aromatic carbocycles. The molecule has 2 aliphatic rings. The maximum atomic E-state index is 12.3. The van der Waals surface area contributed by atoms with Gasteiger partial charge in [-0.1, -0.05) is 0 Å². The van der Waals surface area contributed by atoms with Gasteiger partial charge < -0.3 is 24.5 Å². The van der Waals surface area contributed by atoms with Crippen LogP contribution in [-0.2, 0) is 16.0 Å². The van der Waals surface area contributed by atoms with Crippen molar-refractivity contribution in [2.24, 2.45) is 0 Å². The van der Waals surface area contributed by atoms with Crippen molar-refractivity contribution in [3.8, 4) is 11.5 Å². The molecule has 0 bridgehead atoms. The van der Waals surface area contributed by atoms with Crippen LogP contribution in [0.25, 0.3) is 10.9 Å². The summed E-state index contributed by atoms with van der Waals surface area (Å²) < 4.78 is 16.6. The summed E-state index contributed by atoms with van der Waals surface area (Å²) in [5, 5.41) is 3.74. The van der Waals surface area contributed by atoms with Gasteiger partial charge in [0, 0.05) is 36.6 Å². The van der Waals surface area contributed by atoms with Crippen molar-refractivity contribution in [3.63, 3.8) is 0 Å². The monoisotopic (exact) mass is 358 g/mol. The highest BCUT2D eigenvalue weighted by atomic mass is 16.6. The van der Waals surface area contributed by atoms with Crippen LogP contribution in [-0.4, -0.2) is 43.4 Å². The smallest absolute Gasteiger partial charge is 0.251 e. The zero-order valence-electron chi connectivity index (χ0n) is 14.5. The number of aryl methyl sites for hydroxylation is 1. The molecule has 2 aromatic rings. The van der Waals surface area contributed by atoms with Gasteiger partial charge in [0.05, 0.1) is 11.6 Å². The molecule has 7 heteroatoms.